The zero-order chi connectivity index (χ0) is 20.7. The average molecular weight is 391 g/mol. The van der Waals surface area contributed by atoms with E-state index in [2.05, 4.69) is 5.32 Å². The molecule has 6 nitrogen and oxygen atoms in total. The topological polar surface area (TPSA) is 92.5 Å². The standard InChI is InChI=1S/C23H25N3O3/c1-13-6-7-14(2)20(10-13)26-22(28)17-9-8-15(11-18(17)23(26)29)21(27)25-19-5-3-4-16(19)12-24/h6-11,16,19H,3-5,12,24H2,1-2H3,(H,25,27). The molecule has 4 rings (SSSR count). The number of nitrogens with two attached hydrogens (primary N) is 1. The van der Waals surface area contributed by atoms with Crippen molar-refractivity contribution in [3.8, 4) is 0 Å². The van der Waals surface area contributed by atoms with Gasteiger partial charge in [-0.05, 0) is 74.5 Å². The van der Waals surface area contributed by atoms with Crippen LogP contribution in [-0.4, -0.2) is 30.3 Å². The summed E-state index contributed by atoms with van der Waals surface area (Å²) in [5.41, 5.74) is 9.17. The highest BCUT2D eigenvalue weighted by Crippen LogP contribution is 2.32. The van der Waals surface area contributed by atoms with Gasteiger partial charge < -0.3 is 11.1 Å². The number of benzene rings is 2. The predicted molar refractivity (Wildman–Crippen MR) is 111 cm³/mol. The number of carbonyl (C=O) groups is 3. The predicted octanol–water partition coefficient (Wildman–Crippen LogP) is 2.96. The summed E-state index contributed by atoms with van der Waals surface area (Å²) >= 11 is 0. The molecule has 1 aliphatic carbocycles. The van der Waals surface area contributed by atoms with Gasteiger partial charge >= 0.3 is 0 Å². The lowest BCUT2D eigenvalue weighted by Crippen LogP contribution is -2.39. The summed E-state index contributed by atoms with van der Waals surface area (Å²) in [6.45, 7) is 4.33. The van der Waals surface area contributed by atoms with Crippen LogP contribution in [0.5, 0.6) is 0 Å². The zero-order valence-corrected chi connectivity index (χ0v) is 16.7. The van der Waals surface area contributed by atoms with Gasteiger partial charge in [0.2, 0.25) is 0 Å². The fraction of sp³-hybridized carbons (Fsp3) is 0.348. The van der Waals surface area contributed by atoms with Gasteiger partial charge in [-0.1, -0.05) is 18.6 Å². The van der Waals surface area contributed by atoms with Crippen molar-refractivity contribution in [2.45, 2.75) is 39.2 Å². The molecular formula is C23H25N3O3. The van der Waals surface area contributed by atoms with Crippen LogP contribution in [0.2, 0.25) is 0 Å². The van der Waals surface area contributed by atoms with E-state index in [4.69, 9.17) is 5.73 Å². The van der Waals surface area contributed by atoms with Crippen molar-refractivity contribution in [1.82, 2.24) is 5.32 Å². The Labute approximate surface area is 170 Å². The van der Waals surface area contributed by atoms with E-state index < -0.39 is 5.91 Å². The Morgan fingerprint density at radius 3 is 2.59 bits per heavy atom. The molecule has 0 saturated heterocycles. The molecule has 6 heteroatoms. The van der Waals surface area contributed by atoms with Crippen molar-refractivity contribution in [3.63, 3.8) is 0 Å². The van der Waals surface area contributed by atoms with Crippen LogP contribution in [0.1, 0.15) is 61.5 Å². The highest BCUT2D eigenvalue weighted by atomic mass is 16.2. The number of hydrogen-bond acceptors (Lipinski definition) is 4. The third kappa shape index (κ3) is 3.34. The molecule has 0 bridgehead atoms. The molecule has 1 heterocycles. The maximum absolute atomic E-state index is 13.0. The Kier molecular flexibility index (Phi) is 4.96. The molecule has 29 heavy (non-hydrogen) atoms. The van der Waals surface area contributed by atoms with Gasteiger partial charge in [-0.15, -0.1) is 0 Å². The van der Waals surface area contributed by atoms with Gasteiger partial charge in [0.15, 0.2) is 0 Å². The fourth-order valence-corrected chi connectivity index (χ4v) is 4.32. The highest BCUT2D eigenvalue weighted by Gasteiger charge is 2.38. The first-order chi connectivity index (χ1) is 13.9. The molecule has 0 radical (unpaired) electrons. The minimum atomic E-state index is -0.394. The van der Waals surface area contributed by atoms with Crippen molar-refractivity contribution in [3.05, 3.63) is 64.2 Å². The number of imide groups is 1. The number of fused-ring (bicyclic) bond motifs is 1. The van der Waals surface area contributed by atoms with Crippen molar-refractivity contribution >= 4 is 23.4 Å². The van der Waals surface area contributed by atoms with E-state index in [1.165, 1.54) is 11.0 Å². The van der Waals surface area contributed by atoms with E-state index in [1.807, 2.05) is 32.0 Å². The molecule has 2 aromatic carbocycles. The maximum atomic E-state index is 13.0. The van der Waals surface area contributed by atoms with Crippen LogP contribution in [-0.2, 0) is 0 Å². The minimum Gasteiger partial charge on any atom is -0.349 e. The summed E-state index contributed by atoms with van der Waals surface area (Å²) in [6.07, 6.45) is 2.98. The summed E-state index contributed by atoms with van der Waals surface area (Å²) < 4.78 is 0. The number of rotatable bonds is 4. The Bertz CT molecular complexity index is 1010. The van der Waals surface area contributed by atoms with Crippen molar-refractivity contribution in [2.24, 2.45) is 11.7 Å². The summed E-state index contributed by atoms with van der Waals surface area (Å²) in [6, 6.07) is 10.4. The fourth-order valence-electron chi connectivity index (χ4n) is 4.32. The Morgan fingerprint density at radius 2 is 1.83 bits per heavy atom. The van der Waals surface area contributed by atoms with Gasteiger partial charge in [-0.3, -0.25) is 14.4 Å². The van der Waals surface area contributed by atoms with Gasteiger partial charge in [0.1, 0.15) is 0 Å². The first-order valence-corrected chi connectivity index (χ1v) is 10.0. The van der Waals surface area contributed by atoms with E-state index >= 15 is 0 Å². The second-order valence-electron chi connectivity index (χ2n) is 8.00. The summed E-state index contributed by atoms with van der Waals surface area (Å²) in [5.74, 6) is -0.696. The SMILES string of the molecule is Cc1ccc(C)c(N2C(=O)c3ccc(C(=O)NC4CCCC4CN)cc3C2=O)c1. The van der Waals surface area contributed by atoms with Crippen molar-refractivity contribution in [1.29, 1.82) is 0 Å². The number of anilines is 1. The number of hydrogen-bond donors (Lipinski definition) is 2. The molecule has 0 spiro atoms. The zero-order valence-electron chi connectivity index (χ0n) is 16.7. The van der Waals surface area contributed by atoms with Gasteiger partial charge in [-0.25, -0.2) is 4.90 Å². The van der Waals surface area contributed by atoms with E-state index in [0.717, 1.165) is 30.4 Å². The Balaban J connectivity index is 1.62. The first kappa shape index (κ1) is 19.3. The second-order valence-corrected chi connectivity index (χ2v) is 8.00. The normalized spacial score (nSPS) is 20.9. The lowest BCUT2D eigenvalue weighted by molar-refractivity contribution is 0.0918. The average Bonchev–Trinajstić information content (AvgIpc) is 3.26. The minimum absolute atomic E-state index is 0.0598. The van der Waals surface area contributed by atoms with E-state index in [-0.39, 0.29) is 29.3 Å². The Hall–Kier alpha value is -2.99. The largest absolute Gasteiger partial charge is 0.349 e. The first-order valence-electron chi connectivity index (χ1n) is 10.0. The number of nitrogens with one attached hydrogen (secondary N) is 1. The third-order valence-electron chi connectivity index (χ3n) is 6.03. The van der Waals surface area contributed by atoms with Crippen molar-refractivity contribution < 1.29 is 14.4 Å². The van der Waals surface area contributed by atoms with E-state index in [1.54, 1.807) is 12.1 Å². The van der Waals surface area contributed by atoms with Crippen LogP contribution < -0.4 is 16.0 Å². The number of nitrogens with zero attached hydrogens (tertiary/aromatic N) is 1. The molecule has 1 saturated carbocycles. The van der Waals surface area contributed by atoms with Crippen LogP contribution in [0.4, 0.5) is 5.69 Å². The molecule has 2 aromatic rings. The lowest BCUT2D eigenvalue weighted by Gasteiger charge is -2.19. The molecule has 150 valence electrons. The second kappa shape index (κ2) is 7.44. The van der Waals surface area contributed by atoms with Gasteiger partial charge in [0.05, 0.1) is 16.8 Å². The van der Waals surface area contributed by atoms with E-state index in [0.29, 0.717) is 23.4 Å². The Morgan fingerprint density at radius 1 is 1.07 bits per heavy atom. The third-order valence-corrected chi connectivity index (χ3v) is 6.03. The number of aryl methyl sites for hydroxylation is 2. The molecule has 2 aliphatic rings. The monoisotopic (exact) mass is 391 g/mol. The lowest BCUT2D eigenvalue weighted by atomic mass is 10.0. The van der Waals surface area contributed by atoms with Crippen molar-refractivity contribution in [2.75, 3.05) is 11.4 Å². The number of carbonyl (C=O) groups excluding carboxylic acids is 3. The van der Waals surface area contributed by atoms with Crippen LogP contribution >= 0.6 is 0 Å². The van der Waals surface area contributed by atoms with Gasteiger partial charge in [0, 0.05) is 11.6 Å². The molecule has 3 amide bonds. The quantitative estimate of drug-likeness (QED) is 0.784. The van der Waals surface area contributed by atoms with Gasteiger partial charge in [0.25, 0.3) is 17.7 Å². The summed E-state index contributed by atoms with van der Waals surface area (Å²) in [4.78, 5) is 39.9. The highest BCUT2D eigenvalue weighted by molar-refractivity contribution is 6.35. The van der Waals surface area contributed by atoms with Crippen LogP contribution in [0, 0.1) is 19.8 Å². The molecule has 2 unspecified atom stereocenters. The molecule has 1 aliphatic heterocycles. The molecular weight excluding hydrogens is 366 g/mol. The van der Waals surface area contributed by atoms with Crippen LogP contribution in [0.25, 0.3) is 0 Å². The van der Waals surface area contributed by atoms with Crippen LogP contribution in [0.3, 0.4) is 0 Å². The van der Waals surface area contributed by atoms with Gasteiger partial charge in [-0.2, -0.15) is 0 Å². The van der Waals surface area contributed by atoms with E-state index in [9.17, 15) is 14.4 Å². The number of amides is 3. The molecule has 0 aromatic heterocycles. The molecule has 1 fully saturated rings. The maximum Gasteiger partial charge on any atom is 0.266 e. The smallest absolute Gasteiger partial charge is 0.266 e. The summed E-state index contributed by atoms with van der Waals surface area (Å²) in [5, 5.41) is 3.04. The summed E-state index contributed by atoms with van der Waals surface area (Å²) in [7, 11) is 0. The molecule has 3 N–H and O–H groups in total. The molecule has 2 atom stereocenters. The van der Waals surface area contributed by atoms with Crippen LogP contribution in [0.15, 0.2) is 36.4 Å².